The number of benzene rings is 1. The number of carbonyl (C=O) groups excluding carboxylic acids is 2. The number of aryl methyl sites for hydroxylation is 1. The van der Waals surface area contributed by atoms with Gasteiger partial charge in [0.15, 0.2) is 0 Å². The van der Waals surface area contributed by atoms with Gasteiger partial charge in [-0.1, -0.05) is 29.8 Å². The molecule has 1 atom stereocenters. The van der Waals surface area contributed by atoms with Gasteiger partial charge in [0.2, 0.25) is 11.8 Å². The molecule has 2 saturated heterocycles. The zero-order valence-corrected chi connectivity index (χ0v) is 15.7. The van der Waals surface area contributed by atoms with E-state index in [0.29, 0.717) is 19.1 Å². The summed E-state index contributed by atoms with van der Waals surface area (Å²) in [5.41, 5.74) is 2.16. The van der Waals surface area contributed by atoms with Crippen LogP contribution < -0.4 is 5.32 Å². The first-order chi connectivity index (χ1) is 12.5. The van der Waals surface area contributed by atoms with Crippen molar-refractivity contribution in [3.05, 3.63) is 35.4 Å². The van der Waals surface area contributed by atoms with Gasteiger partial charge in [-0.05, 0) is 51.1 Å². The molecule has 26 heavy (non-hydrogen) atoms. The van der Waals surface area contributed by atoms with E-state index >= 15 is 0 Å². The van der Waals surface area contributed by atoms with Gasteiger partial charge in [-0.25, -0.2) is 0 Å². The Kier molecular flexibility index (Phi) is 4.74. The van der Waals surface area contributed by atoms with Crippen molar-refractivity contribution >= 4 is 11.8 Å². The number of nitrogens with one attached hydrogen (secondary N) is 1. The maximum absolute atomic E-state index is 13.3. The smallest absolute Gasteiger partial charge is 0.234 e. The number of likely N-dealkylation sites (tertiary alicyclic amines) is 2. The molecule has 4 rings (SSSR count). The molecule has 1 aromatic rings. The van der Waals surface area contributed by atoms with Gasteiger partial charge in [-0.15, -0.1) is 0 Å². The number of carbonyl (C=O) groups is 2. The maximum Gasteiger partial charge on any atom is 0.234 e. The summed E-state index contributed by atoms with van der Waals surface area (Å²) in [5, 5.41) is 3.05. The van der Waals surface area contributed by atoms with E-state index < -0.39 is 0 Å². The Morgan fingerprint density at radius 1 is 1.27 bits per heavy atom. The summed E-state index contributed by atoms with van der Waals surface area (Å²) in [7, 11) is 0. The molecule has 1 saturated carbocycles. The molecule has 1 aromatic carbocycles. The van der Waals surface area contributed by atoms with E-state index in [4.69, 9.17) is 0 Å². The molecule has 3 aliphatic rings. The highest BCUT2D eigenvalue weighted by Gasteiger charge is 2.48. The second kappa shape index (κ2) is 7.03. The minimum absolute atomic E-state index is 0.115. The minimum atomic E-state index is -0.276. The van der Waals surface area contributed by atoms with Crippen molar-refractivity contribution in [1.82, 2.24) is 15.1 Å². The van der Waals surface area contributed by atoms with Crippen molar-refractivity contribution in [2.75, 3.05) is 26.2 Å². The second-order valence-corrected chi connectivity index (χ2v) is 8.40. The molecular weight excluding hydrogens is 326 g/mol. The SMILES string of the molecule is Cc1cccc(CN2CCC[C@]3(CCN(CC(=O)NC4CC4)C3)C2=O)c1. The number of rotatable bonds is 5. The third kappa shape index (κ3) is 3.78. The lowest BCUT2D eigenvalue weighted by atomic mass is 9.78. The van der Waals surface area contributed by atoms with E-state index in [9.17, 15) is 9.59 Å². The first-order valence-electron chi connectivity index (χ1n) is 9.91. The first kappa shape index (κ1) is 17.5. The molecule has 2 amide bonds. The predicted molar refractivity (Wildman–Crippen MR) is 100 cm³/mol. The molecule has 0 radical (unpaired) electrons. The van der Waals surface area contributed by atoms with Crippen LogP contribution in [0.1, 0.15) is 43.2 Å². The average Bonchev–Trinajstić information content (AvgIpc) is 3.32. The van der Waals surface area contributed by atoms with Crippen molar-refractivity contribution in [3.8, 4) is 0 Å². The Bertz CT molecular complexity index is 700. The van der Waals surface area contributed by atoms with E-state index in [1.807, 2.05) is 4.90 Å². The highest BCUT2D eigenvalue weighted by molar-refractivity contribution is 5.84. The Morgan fingerprint density at radius 2 is 2.12 bits per heavy atom. The van der Waals surface area contributed by atoms with Crippen LogP contribution in [0.3, 0.4) is 0 Å². The van der Waals surface area contributed by atoms with Crippen LogP contribution in [0.5, 0.6) is 0 Å². The van der Waals surface area contributed by atoms with Crippen molar-refractivity contribution in [1.29, 1.82) is 0 Å². The van der Waals surface area contributed by atoms with Gasteiger partial charge in [0.25, 0.3) is 0 Å². The van der Waals surface area contributed by atoms with Gasteiger partial charge < -0.3 is 10.2 Å². The van der Waals surface area contributed by atoms with Crippen LogP contribution in [0, 0.1) is 12.3 Å². The normalized spacial score (nSPS) is 26.5. The number of hydrogen-bond donors (Lipinski definition) is 1. The van der Waals surface area contributed by atoms with Gasteiger partial charge in [-0.3, -0.25) is 14.5 Å². The van der Waals surface area contributed by atoms with E-state index in [1.165, 1.54) is 11.1 Å². The lowest BCUT2D eigenvalue weighted by molar-refractivity contribution is -0.146. The highest BCUT2D eigenvalue weighted by atomic mass is 16.2. The Morgan fingerprint density at radius 3 is 2.88 bits per heavy atom. The summed E-state index contributed by atoms with van der Waals surface area (Å²) in [6.07, 6.45) is 5.12. The average molecular weight is 355 g/mol. The zero-order valence-electron chi connectivity index (χ0n) is 15.7. The summed E-state index contributed by atoms with van der Waals surface area (Å²) in [6, 6.07) is 8.82. The maximum atomic E-state index is 13.3. The fourth-order valence-corrected chi connectivity index (χ4v) is 4.51. The first-order valence-corrected chi connectivity index (χ1v) is 9.91. The molecule has 1 aliphatic carbocycles. The molecule has 3 fully saturated rings. The number of piperidine rings is 1. The summed E-state index contributed by atoms with van der Waals surface area (Å²) in [6.45, 7) is 5.64. The lowest BCUT2D eigenvalue weighted by Gasteiger charge is -2.39. The van der Waals surface area contributed by atoms with Crippen LogP contribution in [0.15, 0.2) is 24.3 Å². The lowest BCUT2D eigenvalue weighted by Crippen LogP contribution is -2.50. The quantitative estimate of drug-likeness (QED) is 0.880. The highest BCUT2D eigenvalue weighted by Crippen LogP contribution is 2.40. The molecule has 0 bridgehead atoms. The van der Waals surface area contributed by atoms with Gasteiger partial charge in [0.05, 0.1) is 12.0 Å². The summed E-state index contributed by atoms with van der Waals surface area (Å²) in [4.78, 5) is 29.6. The van der Waals surface area contributed by atoms with Crippen LogP contribution in [-0.4, -0.2) is 53.8 Å². The molecule has 5 heteroatoms. The molecule has 140 valence electrons. The Balaban J connectivity index is 1.38. The van der Waals surface area contributed by atoms with Crippen LogP contribution in [0.2, 0.25) is 0 Å². The molecule has 1 N–H and O–H groups in total. The third-order valence-electron chi connectivity index (χ3n) is 6.02. The summed E-state index contributed by atoms with van der Waals surface area (Å²) >= 11 is 0. The molecule has 5 nitrogen and oxygen atoms in total. The molecule has 1 spiro atoms. The standard InChI is InChI=1S/C21H29N3O2/c1-16-4-2-5-17(12-16)13-24-10-3-8-21(20(24)26)9-11-23(15-21)14-19(25)22-18-6-7-18/h2,4-5,12,18H,3,6-11,13-15H2,1H3,(H,22,25)/t21-/m1/s1. The fraction of sp³-hybridized carbons (Fsp3) is 0.619. The number of amides is 2. The van der Waals surface area contributed by atoms with E-state index in [-0.39, 0.29) is 17.2 Å². The molecule has 2 aliphatic heterocycles. The van der Waals surface area contributed by atoms with Gasteiger partial charge >= 0.3 is 0 Å². The van der Waals surface area contributed by atoms with Crippen LogP contribution in [0.25, 0.3) is 0 Å². The third-order valence-corrected chi connectivity index (χ3v) is 6.02. The molecule has 0 unspecified atom stereocenters. The monoisotopic (exact) mass is 355 g/mol. The van der Waals surface area contributed by atoms with Gasteiger partial charge in [-0.2, -0.15) is 0 Å². The van der Waals surface area contributed by atoms with E-state index in [1.54, 1.807) is 0 Å². The molecular formula is C21H29N3O2. The van der Waals surface area contributed by atoms with Gasteiger partial charge in [0.1, 0.15) is 0 Å². The van der Waals surface area contributed by atoms with Crippen LogP contribution in [0.4, 0.5) is 0 Å². The number of nitrogens with zero attached hydrogens (tertiary/aromatic N) is 2. The summed E-state index contributed by atoms with van der Waals surface area (Å²) < 4.78 is 0. The Hall–Kier alpha value is -1.88. The molecule has 2 heterocycles. The van der Waals surface area contributed by atoms with Crippen LogP contribution in [-0.2, 0) is 16.1 Å². The van der Waals surface area contributed by atoms with Gasteiger partial charge in [0, 0.05) is 25.7 Å². The zero-order chi connectivity index (χ0) is 18.1. The minimum Gasteiger partial charge on any atom is -0.352 e. The molecule has 0 aromatic heterocycles. The van der Waals surface area contributed by atoms with E-state index in [0.717, 1.165) is 51.7 Å². The fourth-order valence-electron chi connectivity index (χ4n) is 4.51. The van der Waals surface area contributed by atoms with E-state index in [2.05, 4.69) is 41.4 Å². The van der Waals surface area contributed by atoms with Crippen molar-refractivity contribution < 1.29 is 9.59 Å². The Labute approximate surface area is 155 Å². The largest absolute Gasteiger partial charge is 0.352 e. The predicted octanol–water partition coefficient (Wildman–Crippen LogP) is 2.09. The van der Waals surface area contributed by atoms with Crippen molar-refractivity contribution in [2.24, 2.45) is 5.41 Å². The van der Waals surface area contributed by atoms with Crippen LogP contribution >= 0.6 is 0 Å². The topological polar surface area (TPSA) is 52.6 Å². The van der Waals surface area contributed by atoms with Crippen molar-refractivity contribution in [3.63, 3.8) is 0 Å². The second-order valence-electron chi connectivity index (χ2n) is 8.40. The summed E-state index contributed by atoms with van der Waals surface area (Å²) in [5.74, 6) is 0.403. The number of hydrogen-bond acceptors (Lipinski definition) is 3. The van der Waals surface area contributed by atoms with Crippen molar-refractivity contribution in [2.45, 2.75) is 51.6 Å².